The van der Waals surface area contributed by atoms with E-state index < -0.39 is 15.5 Å². The summed E-state index contributed by atoms with van der Waals surface area (Å²) in [6, 6.07) is 9.00. The monoisotopic (exact) mass is 449 g/mol. The maximum Gasteiger partial charge on any atom is 0.254 e. The van der Waals surface area contributed by atoms with Crippen molar-refractivity contribution < 1.29 is 13.3 Å². The summed E-state index contributed by atoms with van der Waals surface area (Å²) in [7, 11) is -0.738. The maximum absolute atomic E-state index is 14.5. The van der Waals surface area contributed by atoms with Crippen LogP contribution in [-0.4, -0.2) is 21.3 Å². The third-order valence-corrected chi connectivity index (χ3v) is 5.62. The summed E-state index contributed by atoms with van der Waals surface area (Å²) >= 11 is 0. The van der Waals surface area contributed by atoms with Crippen LogP contribution in [0, 0.1) is 12.4 Å². The Kier molecular flexibility index (Phi) is 5.45. The Hall–Kier alpha value is -3.70. The van der Waals surface area contributed by atoms with Gasteiger partial charge >= 0.3 is 0 Å². The number of aromatic nitrogens is 1. The largest absolute Gasteiger partial charge is 0.454 e. The topological polar surface area (TPSA) is 65.0 Å². The van der Waals surface area contributed by atoms with Crippen molar-refractivity contribution in [2.75, 3.05) is 12.5 Å². The summed E-state index contributed by atoms with van der Waals surface area (Å²) in [6.07, 6.45) is 9.11. The molecule has 0 spiro atoms. The summed E-state index contributed by atoms with van der Waals surface area (Å²) in [4.78, 5) is 15.8. The number of allylic oxidation sites excluding steroid dienone is 1. The Bertz CT molecular complexity index is 1500. The van der Waals surface area contributed by atoms with Gasteiger partial charge in [-0.25, -0.2) is 13.4 Å². The average molecular weight is 450 g/mol. The lowest BCUT2D eigenvalue weighted by Crippen LogP contribution is -2.21. The third kappa shape index (κ3) is 4.20. The second kappa shape index (κ2) is 8.09. The zero-order chi connectivity index (χ0) is 23.0. The van der Waals surface area contributed by atoms with Crippen LogP contribution in [0.25, 0.3) is 22.0 Å². The fourth-order valence-corrected chi connectivity index (χ4v) is 4.22. The Balaban J connectivity index is 1.94. The molecule has 0 radical (unpaired) electrons. The van der Waals surface area contributed by atoms with Gasteiger partial charge in [-0.3, -0.25) is 4.79 Å². The first-order valence-corrected chi connectivity index (χ1v) is 12.0. The lowest BCUT2D eigenvalue weighted by Gasteiger charge is -2.16. The van der Waals surface area contributed by atoms with Crippen molar-refractivity contribution in [1.82, 2.24) is 4.57 Å². The van der Waals surface area contributed by atoms with E-state index in [2.05, 4.69) is 9.21 Å². The SMILES string of the molecule is [C-]#[N+]c1ccc(Oc2ccc(N=S(C)(C)=O)cc2-c2cn(C)c(=O)c3c2C=CC3)c(F)c1. The molecule has 8 heteroatoms. The molecular weight excluding hydrogens is 429 g/mol. The second-order valence-electron chi connectivity index (χ2n) is 7.74. The molecule has 162 valence electrons. The van der Waals surface area contributed by atoms with Crippen LogP contribution in [0.3, 0.4) is 0 Å². The van der Waals surface area contributed by atoms with E-state index in [0.29, 0.717) is 29.0 Å². The van der Waals surface area contributed by atoms with Gasteiger partial charge in [0.2, 0.25) is 0 Å². The Morgan fingerprint density at radius 1 is 1.16 bits per heavy atom. The summed E-state index contributed by atoms with van der Waals surface area (Å²) in [5.74, 6) is -0.345. The van der Waals surface area contributed by atoms with Crippen molar-refractivity contribution in [2.45, 2.75) is 6.42 Å². The molecule has 0 unspecified atom stereocenters. The summed E-state index contributed by atoms with van der Waals surface area (Å²) < 4.78 is 38.4. The number of rotatable bonds is 4. The van der Waals surface area contributed by atoms with Gasteiger partial charge < -0.3 is 9.30 Å². The van der Waals surface area contributed by atoms with E-state index in [1.807, 2.05) is 12.2 Å². The van der Waals surface area contributed by atoms with Gasteiger partial charge in [-0.15, -0.1) is 0 Å². The number of fused-ring (bicyclic) bond motifs is 1. The summed E-state index contributed by atoms with van der Waals surface area (Å²) in [5.41, 5.74) is 3.32. The molecule has 1 aliphatic rings. The lowest BCUT2D eigenvalue weighted by molar-refractivity contribution is 0.444. The average Bonchev–Trinajstić information content (AvgIpc) is 3.22. The van der Waals surface area contributed by atoms with Gasteiger partial charge in [0.15, 0.2) is 17.3 Å². The Labute approximate surface area is 185 Å². The number of hydrogen-bond acceptors (Lipinski definition) is 4. The van der Waals surface area contributed by atoms with E-state index in [-0.39, 0.29) is 17.0 Å². The molecule has 0 atom stereocenters. The number of ether oxygens (including phenoxy) is 1. The van der Waals surface area contributed by atoms with E-state index in [9.17, 15) is 13.4 Å². The minimum Gasteiger partial charge on any atom is -0.454 e. The molecule has 0 fully saturated rings. The number of hydrogen-bond donors (Lipinski definition) is 0. The predicted molar refractivity (Wildman–Crippen MR) is 125 cm³/mol. The molecule has 0 bridgehead atoms. The van der Waals surface area contributed by atoms with Gasteiger partial charge in [-0.2, -0.15) is 4.36 Å². The highest BCUT2D eigenvalue weighted by Crippen LogP contribution is 2.40. The van der Waals surface area contributed by atoms with Gasteiger partial charge in [0.25, 0.3) is 5.56 Å². The number of pyridine rings is 1. The molecule has 0 saturated heterocycles. The van der Waals surface area contributed by atoms with Crippen LogP contribution in [0.1, 0.15) is 11.1 Å². The van der Waals surface area contributed by atoms with Gasteiger partial charge in [-0.1, -0.05) is 18.2 Å². The van der Waals surface area contributed by atoms with Crippen molar-refractivity contribution in [3.63, 3.8) is 0 Å². The van der Waals surface area contributed by atoms with Gasteiger partial charge in [0.05, 0.1) is 12.3 Å². The number of benzene rings is 2. The van der Waals surface area contributed by atoms with Crippen molar-refractivity contribution in [2.24, 2.45) is 11.4 Å². The second-order valence-corrected chi connectivity index (χ2v) is 10.3. The van der Waals surface area contributed by atoms with E-state index in [1.165, 1.54) is 29.2 Å². The third-order valence-electron chi connectivity index (χ3n) is 4.97. The van der Waals surface area contributed by atoms with Gasteiger partial charge in [0.1, 0.15) is 5.75 Å². The van der Waals surface area contributed by atoms with E-state index in [4.69, 9.17) is 11.3 Å². The van der Waals surface area contributed by atoms with Crippen LogP contribution in [0.5, 0.6) is 11.5 Å². The van der Waals surface area contributed by atoms with Gasteiger partial charge in [-0.05, 0) is 42.3 Å². The predicted octanol–water partition coefficient (Wildman–Crippen LogP) is 5.46. The highest BCUT2D eigenvalue weighted by atomic mass is 32.2. The molecule has 0 saturated carbocycles. The lowest BCUT2D eigenvalue weighted by atomic mass is 9.98. The van der Waals surface area contributed by atoms with Gasteiger partial charge in [0, 0.05) is 52.2 Å². The molecule has 0 amide bonds. The molecule has 0 N–H and O–H groups in total. The molecule has 6 nitrogen and oxygen atoms in total. The Morgan fingerprint density at radius 2 is 1.91 bits per heavy atom. The minimum absolute atomic E-state index is 0.0323. The van der Waals surface area contributed by atoms with Crippen molar-refractivity contribution in [3.8, 4) is 22.6 Å². The van der Waals surface area contributed by atoms with Crippen LogP contribution in [0.4, 0.5) is 15.8 Å². The Morgan fingerprint density at radius 3 is 2.59 bits per heavy atom. The summed E-state index contributed by atoms with van der Waals surface area (Å²) in [5, 5.41) is 0. The molecule has 4 rings (SSSR count). The standard InChI is InChI=1S/C24H20FN3O3S/c1-26-15-8-11-23(21(25)13-15)31-22-10-9-16(27-32(3,4)30)12-19(22)20-14-28(2)24(29)18-7-5-6-17(18)20/h5-6,8-14H,7H2,2-4H3. The van der Waals surface area contributed by atoms with E-state index >= 15 is 0 Å². The number of nitrogens with zero attached hydrogens (tertiary/aromatic N) is 3. The van der Waals surface area contributed by atoms with Crippen molar-refractivity contribution in [3.05, 3.63) is 87.4 Å². The maximum atomic E-state index is 14.5. The fraction of sp³-hybridized carbons (Fsp3) is 0.167. The number of halogens is 1. The van der Waals surface area contributed by atoms with Crippen molar-refractivity contribution >= 4 is 27.2 Å². The quantitative estimate of drug-likeness (QED) is 0.497. The van der Waals surface area contributed by atoms with E-state index in [1.54, 1.807) is 31.4 Å². The molecule has 3 aromatic rings. The highest BCUT2D eigenvalue weighted by molar-refractivity contribution is 7.92. The van der Waals surface area contributed by atoms with Crippen LogP contribution in [0.15, 0.2) is 57.8 Å². The van der Waals surface area contributed by atoms with E-state index in [0.717, 1.165) is 17.2 Å². The molecular formula is C24H20FN3O3S. The van der Waals surface area contributed by atoms with Crippen LogP contribution in [0.2, 0.25) is 0 Å². The first-order valence-electron chi connectivity index (χ1n) is 9.72. The molecule has 32 heavy (non-hydrogen) atoms. The van der Waals surface area contributed by atoms with Crippen LogP contribution in [-0.2, 0) is 23.2 Å². The first kappa shape index (κ1) is 21.5. The highest BCUT2D eigenvalue weighted by Gasteiger charge is 2.20. The molecule has 1 aliphatic carbocycles. The molecule has 1 heterocycles. The minimum atomic E-state index is -2.41. The molecule has 0 aliphatic heterocycles. The van der Waals surface area contributed by atoms with Crippen LogP contribution >= 0.6 is 0 Å². The normalized spacial score (nSPS) is 12.3. The van der Waals surface area contributed by atoms with Crippen LogP contribution < -0.4 is 10.3 Å². The van der Waals surface area contributed by atoms with Crippen molar-refractivity contribution in [1.29, 1.82) is 0 Å². The number of aryl methyl sites for hydroxylation is 1. The zero-order valence-electron chi connectivity index (χ0n) is 17.8. The first-order chi connectivity index (χ1) is 15.2. The summed E-state index contributed by atoms with van der Waals surface area (Å²) in [6.45, 7) is 7.03. The molecule has 1 aromatic heterocycles. The fourth-order valence-electron chi connectivity index (χ4n) is 3.60. The smallest absolute Gasteiger partial charge is 0.254 e. The zero-order valence-corrected chi connectivity index (χ0v) is 18.6. The molecule has 2 aromatic carbocycles.